The molecular formula is C20H22ClN7O3S. The van der Waals surface area contributed by atoms with Crippen LogP contribution < -0.4 is 26.1 Å². The minimum absolute atomic E-state index is 0.0547. The summed E-state index contributed by atoms with van der Waals surface area (Å²) < 4.78 is 11.6. The van der Waals surface area contributed by atoms with E-state index in [-0.39, 0.29) is 17.6 Å². The molecule has 0 bridgehead atoms. The van der Waals surface area contributed by atoms with Gasteiger partial charge >= 0.3 is 0 Å². The number of halogens is 1. The number of nitrogens with zero attached hydrogens (tertiary/aromatic N) is 4. The highest BCUT2D eigenvalue weighted by Gasteiger charge is 2.14. The number of amides is 1. The van der Waals surface area contributed by atoms with E-state index in [1.165, 1.54) is 11.8 Å². The summed E-state index contributed by atoms with van der Waals surface area (Å²) in [7, 11) is 3.12. The molecule has 0 saturated carbocycles. The molecule has 10 nitrogen and oxygen atoms in total. The summed E-state index contributed by atoms with van der Waals surface area (Å²) >= 11 is 7.11. The minimum atomic E-state index is -0.276. The number of nitrogen functional groups attached to an aromatic ring is 1. The lowest BCUT2D eigenvalue weighted by atomic mass is 10.1. The quantitative estimate of drug-likeness (QED) is 0.186. The van der Waals surface area contributed by atoms with Crippen LogP contribution in [0.2, 0.25) is 5.02 Å². The van der Waals surface area contributed by atoms with Crippen molar-refractivity contribution in [1.29, 1.82) is 0 Å². The lowest BCUT2D eigenvalue weighted by molar-refractivity contribution is -0.113. The Bertz CT molecular complexity index is 1120. The molecule has 0 aliphatic rings. The Balaban J connectivity index is 1.58. The number of carbonyl (C=O) groups excluding carboxylic acids is 1. The molecule has 0 aliphatic carbocycles. The molecule has 0 aliphatic heterocycles. The van der Waals surface area contributed by atoms with E-state index < -0.39 is 0 Å². The van der Waals surface area contributed by atoms with Crippen LogP contribution in [0.25, 0.3) is 0 Å². The van der Waals surface area contributed by atoms with Crippen molar-refractivity contribution < 1.29 is 14.3 Å². The highest BCUT2D eigenvalue weighted by atomic mass is 35.5. The Morgan fingerprint density at radius 3 is 2.62 bits per heavy atom. The summed E-state index contributed by atoms with van der Waals surface area (Å²) in [6.07, 6.45) is 0. The number of aromatic nitrogens is 3. The van der Waals surface area contributed by atoms with Gasteiger partial charge in [0.2, 0.25) is 11.1 Å². The third-order valence-corrected chi connectivity index (χ3v) is 5.44. The van der Waals surface area contributed by atoms with Crippen LogP contribution in [0, 0.1) is 0 Å². The van der Waals surface area contributed by atoms with Gasteiger partial charge in [0.15, 0.2) is 0 Å². The molecule has 4 N–H and O–H groups in total. The van der Waals surface area contributed by atoms with E-state index in [4.69, 9.17) is 26.9 Å². The fourth-order valence-corrected chi connectivity index (χ4v) is 3.41. The molecule has 12 heteroatoms. The Kier molecular flexibility index (Phi) is 7.79. The number of hydrogen-bond acceptors (Lipinski definition) is 9. The van der Waals surface area contributed by atoms with E-state index in [2.05, 4.69) is 26.0 Å². The van der Waals surface area contributed by atoms with Crippen molar-refractivity contribution in [1.82, 2.24) is 14.9 Å². The summed E-state index contributed by atoms with van der Waals surface area (Å²) in [5.74, 6) is 7.30. The number of hydrazone groups is 1. The number of rotatable bonds is 9. The zero-order valence-electron chi connectivity index (χ0n) is 17.6. The van der Waals surface area contributed by atoms with Crippen molar-refractivity contribution in [3.05, 3.63) is 53.1 Å². The summed E-state index contributed by atoms with van der Waals surface area (Å²) in [5.41, 5.74) is 4.89. The van der Waals surface area contributed by atoms with Crippen molar-refractivity contribution in [3.8, 4) is 11.5 Å². The minimum Gasteiger partial charge on any atom is -0.497 e. The van der Waals surface area contributed by atoms with Gasteiger partial charge in [-0.3, -0.25) is 4.79 Å². The third kappa shape index (κ3) is 5.83. The number of nitrogens with one attached hydrogen (secondary N) is 2. The first-order valence-corrected chi connectivity index (χ1v) is 10.7. The van der Waals surface area contributed by atoms with E-state index in [9.17, 15) is 4.79 Å². The number of thioether (sulfide) groups is 1. The number of benzene rings is 2. The maximum atomic E-state index is 12.3. The van der Waals surface area contributed by atoms with Crippen molar-refractivity contribution in [2.45, 2.75) is 12.1 Å². The standard InChI is InChI=1S/C20H22ClN7O3S/c1-12(13-4-7-15(30-2)8-5-13)24-25-19-26-27-20(28(19)22)32-11-18(29)23-16-10-14(21)6-9-17(16)31-3/h4-10H,11,22H2,1-3H3,(H,23,29)(H,25,26)/b24-12+. The molecule has 168 valence electrons. The van der Waals surface area contributed by atoms with Gasteiger partial charge in [-0.05, 0) is 55.0 Å². The van der Waals surface area contributed by atoms with E-state index in [1.54, 1.807) is 25.3 Å². The van der Waals surface area contributed by atoms with Crippen LogP contribution in [0.15, 0.2) is 52.7 Å². The number of carbonyl (C=O) groups is 1. The van der Waals surface area contributed by atoms with E-state index in [1.807, 2.05) is 31.2 Å². The van der Waals surface area contributed by atoms with Gasteiger partial charge < -0.3 is 20.6 Å². The van der Waals surface area contributed by atoms with Crippen molar-refractivity contribution in [3.63, 3.8) is 0 Å². The summed E-state index contributed by atoms with van der Waals surface area (Å²) in [4.78, 5) is 12.3. The lowest BCUT2D eigenvalue weighted by Gasteiger charge is -2.10. The van der Waals surface area contributed by atoms with Gasteiger partial charge in [0, 0.05) is 5.02 Å². The Morgan fingerprint density at radius 2 is 1.94 bits per heavy atom. The van der Waals surface area contributed by atoms with Crippen molar-refractivity contribution in [2.75, 3.05) is 36.6 Å². The Hall–Kier alpha value is -3.44. The van der Waals surface area contributed by atoms with Gasteiger partial charge in [0.25, 0.3) is 5.95 Å². The second kappa shape index (κ2) is 10.7. The van der Waals surface area contributed by atoms with Crippen LogP contribution in [0.3, 0.4) is 0 Å². The molecule has 1 heterocycles. The summed E-state index contributed by atoms with van der Waals surface area (Å²) in [6, 6.07) is 12.4. The maximum absolute atomic E-state index is 12.3. The Labute approximate surface area is 194 Å². The largest absolute Gasteiger partial charge is 0.497 e. The van der Waals surface area contributed by atoms with E-state index in [0.717, 1.165) is 28.8 Å². The Morgan fingerprint density at radius 1 is 1.19 bits per heavy atom. The topological polar surface area (TPSA) is 129 Å². The van der Waals surface area contributed by atoms with Gasteiger partial charge in [-0.25, -0.2) is 10.1 Å². The number of methoxy groups -OCH3 is 2. The molecule has 1 aromatic heterocycles. The predicted octanol–water partition coefficient (Wildman–Crippen LogP) is 3.23. The first-order valence-electron chi connectivity index (χ1n) is 9.32. The van der Waals surface area contributed by atoms with Gasteiger partial charge in [0.05, 0.1) is 31.4 Å². The monoisotopic (exact) mass is 475 g/mol. The molecule has 0 atom stereocenters. The molecule has 3 rings (SSSR count). The van der Waals surface area contributed by atoms with Crippen LogP contribution >= 0.6 is 23.4 Å². The second-order valence-electron chi connectivity index (χ2n) is 6.40. The summed E-state index contributed by atoms with van der Waals surface area (Å²) in [5, 5.41) is 15.8. The van der Waals surface area contributed by atoms with E-state index in [0.29, 0.717) is 21.6 Å². The average molecular weight is 476 g/mol. The van der Waals surface area contributed by atoms with Gasteiger partial charge in [0.1, 0.15) is 11.5 Å². The zero-order valence-corrected chi connectivity index (χ0v) is 19.2. The van der Waals surface area contributed by atoms with Gasteiger partial charge in [-0.15, -0.1) is 10.2 Å². The third-order valence-electron chi connectivity index (χ3n) is 4.26. The predicted molar refractivity (Wildman–Crippen MR) is 126 cm³/mol. The maximum Gasteiger partial charge on any atom is 0.264 e. The fraction of sp³-hybridized carbons (Fsp3) is 0.200. The first kappa shape index (κ1) is 23.2. The molecule has 0 unspecified atom stereocenters. The molecular weight excluding hydrogens is 454 g/mol. The normalized spacial score (nSPS) is 11.2. The molecule has 32 heavy (non-hydrogen) atoms. The highest BCUT2D eigenvalue weighted by Crippen LogP contribution is 2.28. The van der Waals surface area contributed by atoms with Gasteiger partial charge in [-0.1, -0.05) is 23.4 Å². The number of anilines is 2. The van der Waals surface area contributed by atoms with Crippen LogP contribution in [0.4, 0.5) is 11.6 Å². The van der Waals surface area contributed by atoms with Crippen LogP contribution in [0.1, 0.15) is 12.5 Å². The number of nitrogens with two attached hydrogens (primary N) is 1. The van der Waals surface area contributed by atoms with Crippen LogP contribution in [0.5, 0.6) is 11.5 Å². The van der Waals surface area contributed by atoms with Crippen LogP contribution in [-0.4, -0.2) is 46.5 Å². The molecule has 0 radical (unpaired) electrons. The highest BCUT2D eigenvalue weighted by molar-refractivity contribution is 7.99. The smallest absolute Gasteiger partial charge is 0.264 e. The first-order chi connectivity index (χ1) is 15.4. The number of ether oxygens (including phenoxy) is 2. The molecule has 0 spiro atoms. The zero-order chi connectivity index (χ0) is 23.1. The molecule has 0 saturated heterocycles. The molecule has 1 amide bonds. The van der Waals surface area contributed by atoms with Crippen LogP contribution in [-0.2, 0) is 4.79 Å². The second-order valence-corrected chi connectivity index (χ2v) is 7.77. The van der Waals surface area contributed by atoms with Crippen molar-refractivity contribution in [2.24, 2.45) is 5.10 Å². The SMILES string of the molecule is COc1ccc(/C(C)=N/Nc2nnc(SCC(=O)Nc3cc(Cl)ccc3OC)n2N)cc1. The number of hydrogen-bond donors (Lipinski definition) is 3. The van der Waals surface area contributed by atoms with E-state index >= 15 is 0 Å². The average Bonchev–Trinajstić information content (AvgIpc) is 3.15. The molecule has 0 fully saturated rings. The van der Waals surface area contributed by atoms with Gasteiger partial charge in [-0.2, -0.15) is 5.10 Å². The fourth-order valence-electron chi connectivity index (χ4n) is 2.58. The molecule has 2 aromatic carbocycles. The molecule has 3 aromatic rings. The lowest BCUT2D eigenvalue weighted by Crippen LogP contribution is -2.17. The summed E-state index contributed by atoms with van der Waals surface area (Å²) in [6.45, 7) is 1.84. The van der Waals surface area contributed by atoms with Crippen molar-refractivity contribution >= 4 is 46.6 Å².